The van der Waals surface area contributed by atoms with Gasteiger partial charge < -0.3 is 5.32 Å². The summed E-state index contributed by atoms with van der Waals surface area (Å²) in [4.78, 5) is 12.3. The molecule has 0 radical (unpaired) electrons. The number of nitrogens with one attached hydrogen (secondary N) is 1. The highest BCUT2D eigenvalue weighted by Crippen LogP contribution is 2.20. The number of nitrogens with zero attached hydrogens (tertiary/aromatic N) is 1. The van der Waals surface area contributed by atoms with Crippen molar-refractivity contribution in [2.24, 2.45) is 0 Å². The molecule has 1 N–H and O–H groups in total. The van der Waals surface area contributed by atoms with Crippen LogP contribution in [0.4, 0.5) is 5.69 Å². The summed E-state index contributed by atoms with van der Waals surface area (Å²) in [5.41, 5.74) is 1.40. The van der Waals surface area contributed by atoms with Crippen LogP contribution in [-0.4, -0.2) is 32.2 Å². The predicted molar refractivity (Wildman–Crippen MR) is 98.8 cm³/mol. The number of carbonyl (C=O) groups excluding carboxylic acids is 1. The Morgan fingerprint density at radius 1 is 1.21 bits per heavy atom. The molecule has 0 aromatic heterocycles. The summed E-state index contributed by atoms with van der Waals surface area (Å²) in [6, 6.07) is 11.3. The summed E-state index contributed by atoms with van der Waals surface area (Å²) in [6.45, 7) is 1.52. The van der Waals surface area contributed by atoms with Gasteiger partial charge in [-0.1, -0.05) is 27.5 Å². The molecule has 0 saturated heterocycles. The maximum absolute atomic E-state index is 12.5. The van der Waals surface area contributed by atoms with Gasteiger partial charge in [0.25, 0.3) is 0 Å². The van der Waals surface area contributed by atoms with Crippen LogP contribution in [0, 0.1) is 6.92 Å². The Hall–Kier alpha value is -1.41. The van der Waals surface area contributed by atoms with E-state index in [4.69, 9.17) is 11.6 Å². The van der Waals surface area contributed by atoms with E-state index in [0.717, 1.165) is 14.3 Å². The third-order valence-electron chi connectivity index (χ3n) is 3.35. The smallest absolute Gasteiger partial charge is 0.243 e. The minimum absolute atomic E-state index is 0.128. The molecule has 0 unspecified atom stereocenters. The summed E-state index contributed by atoms with van der Waals surface area (Å²) in [5.74, 6) is -0.427. The molecule has 0 spiro atoms. The Kier molecular flexibility index (Phi) is 6.03. The molecule has 0 aliphatic carbocycles. The largest absolute Gasteiger partial charge is 0.325 e. The standard InChI is InChI=1S/C16H16BrClN2O3S/c1-11-9-13(18)5-8-15(11)19-16(21)10-20(2)24(22,23)14-6-3-12(17)4-7-14/h3-9H,10H2,1-2H3,(H,19,21). The molecular formula is C16H16BrClN2O3S. The van der Waals surface area contributed by atoms with E-state index in [-0.39, 0.29) is 11.4 Å². The van der Waals surface area contributed by atoms with Gasteiger partial charge in [-0.3, -0.25) is 4.79 Å². The average molecular weight is 432 g/mol. The highest BCUT2D eigenvalue weighted by atomic mass is 79.9. The Labute approximate surface area is 154 Å². The van der Waals surface area contributed by atoms with E-state index in [1.807, 2.05) is 6.92 Å². The van der Waals surface area contributed by atoms with Crippen molar-refractivity contribution in [3.63, 3.8) is 0 Å². The highest BCUT2D eigenvalue weighted by Gasteiger charge is 2.23. The Morgan fingerprint density at radius 3 is 2.42 bits per heavy atom. The summed E-state index contributed by atoms with van der Waals surface area (Å²) < 4.78 is 26.7. The number of anilines is 1. The number of hydrogen-bond acceptors (Lipinski definition) is 3. The van der Waals surface area contributed by atoms with Crippen molar-refractivity contribution in [1.29, 1.82) is 0 Å². The summed E-state index contributed by atoms with van der Waals surface area (Å²) in [7, 11) is -2.36. The molecular weight excluding hydrogens is 416 g/mol. The van der Waals surface area contributed by atoms with Gasteiger partial charge in [0, 0.05) is 22.2 Å². The van der Waals surface area contributed by atoms with Crippen LogP contribution in [0.25, 0.3) is 0 Å². The lowest BCUT2D eigenvalue weighted by Crippen LogP contribution is -2.35. The molecule has 128 valence electrons. The van der Waals surface area contributed by atoms with Crippen LogP contribution in [-0.2, 0) is 14.8 Å². The zero-order valence-electron chi connectivity index (χ0n) is 13.1. The highest BCUT2D eigenvalue weighted by molar-refractivity contribution is 9.10. The molecule has 2 aromatic carbocycles. The lowest BCUT2D eigenvalue weighted by atomic mass is 10.2. The topological polar surface area (TPSA) is 66.5 Å². The van der Waals surface area contributed by atoms with Gasteiger partial charge in [-0.2, -0.15) is 4.31 Å². The molecule has 0 aliphatic rings. The van der Waals surface area contributed by atoms with Gasteiger partial charge in [-0.15, -0.1) is 0 Å². The molecule has 1 amide bonds. The number of sulfonamides is 1. The molecule has 0 fully saturated rings. The third-order valence-corrected chi connectivity index (χ3v) is 5.93. The first kappa shape index (κ1) is 18.9. The second-order valence-corrected chi connectivity index (χ2v) is 8.62. The second-order valence-electron chi connectivity index (χ2n) is 5.22. The van der Waals surface area contributed by atoms with E-state index in [1.54, 1.807) is 30.3 Å². The van der Waals surface area contributed by atoms with Gasteiger partial charge in [0.05, 0.1) is 11.4 Å². The molecule has 24 heavy (non-hydrogen) atoms. The van der Waals surface area contributed by atoms with Crippen molar-refractivity contribution in [1.82, 2.24) is 4.31 Å². The number of carbonyl (C=O) groups is 1. The van der Waals surface area contributed by atoms with Crippen molar-refractivity contribution < 1.29 is 13.2 Å². The van der Waals surface area contributed by atoms with Crippen LogP contribution < -0.4 is 5.32 Å². The van der Waals surface area contributed by atoms with E-state index >= 15 is 0 Å². The number of aryl methyl sites for hydroxylation is 1. The van der Waals surface area contributed by atoms with E-state index in [0.29, 0.717) is 10.7 Å². The zero-order valence-corrected chi connectivity index (χ0v) is 16.2. The van der Waals surface area contributed by atoms with Crippen molar-refractivity contribution >= 4 is 49.1 Å². The third kappa shape index (κ3) is 4.57. The van der Waals surface area contributed by atoms with Crippen LogP contribution >= 0.6 is 27.5 Å². The molecule has 0 aliphatic heterocycles. The molecule has 2 aromatic rings. The molecule has 0 heterocycles. The first-order valence-corrected chi connectivity index (χ1v) is 9.59. The van der Waals surface area contributed by atoms with Gasteiger partial charge >= 0.3 is 0 Å². The van der Waals surface area contributed by atoms with Gasteiger partial charge in [-0.25, -0.2) is 8.42 Å². The molecule has 0 bridgehead atoms. The fourth-order valence-corrected chi connectivity index (χ4v) is 3.65. The SMILES string of the molecule is Cc1cc(Cl)ccc1NC(=O)CN(C)S(=O)(=O)c1ccc(Br)cc1. The lowest BCUT2D eigenvalue weighted by molar-refractivity contribution is -0.116. The quantitative estimate of drug-likeness (QED) is 0.785. The summed E-state index contributed by atoms with van der Waals surface area (Å²) in [5, 5.41) is 3.26. The monoisotopic (exact) mass is 430 g/mol. The van der Waals surface area contributed by atoms with Crippen LogP contribution in [0.15, 0.2) is 51.8 Å². The maximum atomic E-state index is 12.5. The van der Waals surface area contributed by atoms with E-state index in [9.17, 15) is 13.2 Å². The molecule has 0 atom stereocenters. The van der Waals surface area contributed by atoms with Gasteiger partial charge in [-0.05, 0) is 55.0 Å². The number of amides is 1. The minimum Gasteiger partial charge on any atom is -0.325 e. The van der Waals surface area contributed by atoms with E-state index in [1.165, 1.54) is 19.2 Å². The molecule has 5 nitrogen and oxygen atoms in total. The maximum Gasteiger partial charge on any atom is 0.243 e. The predicted octanol–water partition coefficient (Wildman–Crippen LogP) is 3.67. The Bertz CT molecular complexity index is 854. The normalized spacial score (nSPS) is 11.5. The van der Waals surface area contributed by atoms with Gasteiger partial charge in [0.15, 0.2) is 0 Å². The summed E-state index contributed by atoms with van der Waals surface area (Å²) in [6.07, 6.45) is 0. The first-order chi connectivity index (χ1) is 11.2. The van der Waals surface area contributed by atoms with Crippen LogP contribution in [0.1, 0.15) is 5.56 Å². The Balaban J connectivity index is 2.09. The summed E-state index contributed by atoms with van der Waals surface area (Å²) >= 11 is 9.13. The first-order valence-electron chi connectivity index (χ1n) is 6.98. The van der Waals surface area contributed by atoms with Crippen LogP contribution in [0.5, 0.6) is 0 Å². The second kappa shape index (κ2) is 7.65. The number of benzene rings is 2. The van der Waals surface area contributed by atoms with Crippen molar-refractivity contribution in [3.8, 4) is 0 Å². The van der Waals surface area contributed by atoms with Crippen LogP contribution in [0.3, 0.4) is 0 Å². The van der Waals surface area contributed by atoms with Gasteiger partial charge in [0.2, 0.25) is 15.9 Å². The number of hydrogen-bond donors (Lipinski definition) is 1. The van der Waals surface area contributed by atoms with E-state index in [2.05, 4.69) is 21.2 Å². The van der Waals surface area contributed by atoms with Crippen molar-refractivity contribution in [2.75, 3.05) is 18.9 Å². The fourth-order valence-electron chi connectivity index (χ4n) is 2.03. The number of rotatable bonds is 5. The zero-order chi connectivity index (χ0) is 17.9. The molecule has 8 heteroatoms. The Morgan fingerprint density at radius 2 is 1.83 bits per heavy atom. The fraction of sp³-hybridized carbons (Fsp3) is 0.188. The van der Waals surface area contributed by atoms with Gasteiger partial charge in [0.1, 0.15) is 0 Å². The molecule has 2 rings (SSSR count). The molecule has 0 saturated carbocycles. The minimum atomic E-state index is -3.73. The van der Waals surface area contributed by atoms with Crippen molar-refractivity contribution in [2.45, 2.75) is 11.8 Å². The number of likely N-dealkylation sites (N-methyl/N-ethyl adjacent to an activating group) is 1. The number of halogens is 2. The average Bonchev–Trinajstić information content (AvgIpc) is 2.50. The van der Waals surface area contributed by atoms with E-state index < -0.39 is 15.9 Å². The van der Waals surface area contributed by atoms with Crippen LogP contribution in [0.2, 0.25) is 5.02 Å². The van der Waals surface area contributed by atoms with Crippen molar-refractivity contribution in [3.05, 3.63) is 57.5 Å². The lowest BCUT2D eigenvalue weighted by Gasteiger charge is -2.17.